The second kappa shape index (κ2) is 9.63. The topological polar surface area (TPSA) is 106 Å². The van der Waals surface area contributed by atoms with E-state index in [4.69, 9.17) is 12.3 Å². The summed E-state index contributed by atoms with van der Waals surface area (Å²) in [5.41, 5.74) is 7.98. The molecule has 8 nitrogen and oxygen atoms in total. The highest BCUT2D eigenvalue weighted by atomic mass is 19.1. The molecule has 9 heteroatoms. The van der Waals surface area contributed by atoms with Gasteiger partial charge in [-0.15, -0.1) is 0 Å². The predicted octanol–water partition coefficient (Wildman–Crippen LogP) is 3.09. The Bertz CT molecular complexity index is 1230. The second-order valence-electron chi connectivity index (χ2n) is 7.56. The molecule has 2 aromatic carbocycles. The van der Waals surface area contributed by atoms with Gasteiger partial charge in [0, 0.05) is 12.1 Å². The Balaban J connectivity index is 0.00000306. The minimum Gasteiger partial charge on any atom is -0.394 e. The Labute approximate surface area is 190 Å². The third kappa shape index (κ3) is 4.61. The lowest BCUT2D eigenvalue weighted by Gasteiger charge is -2.33. The van der Waals surface area contributed by atoms with E-state index in [-0.39, 0.29) is 50.7 Å². The standard InChI is InChI=1S/C23H20FN5O3.CH4/c1-26-17-7-5-14(6-8-17)9-20(31)28-11-18(13-30)29-19(12-28)21(23(25)32)22(27-29)15-3-2-4-16(24)10-15;/h2-8,10,18,30H,9,11-13H2,(H2,25,32);1H4. The average Bonchev–Trinajstić information content (AvgIpc) is 3.19. The van der Waals surface area contributed by atoms with Crippen molar-refractivity contribution in [3.05, 3.63) is 82.6 Å². The van der Waals surface area contributed by atoms with Crippen LogP contribution < -0.4 is 5.73 Å². The van der Waals surface area contributed by atoms with E-state index in [9.17, 15) is 19.1 Å². The molecular formula is C24H24FN5O3. The molecule has 0 spiro atoms. The smallest absolute Gasteiger partial charge is 0.252 e. The van der Waals surface area contributed by atoms with Crippen LogP contribution >= 0.6 is 0 Å². The normalized spacial score (nSPS) is 14.7. The van der Waals surface area contributed by atoms with Crippen molar-refractivity contribution >= 4 is 17.5 Å². The number of aliphatic hydroxyl groups excluding tert-OH is 1. The minimum absolute atomic E-state index is 0. The number of nitrogens with zero attached hydrogens (tertiary/aromatic N) is 4. The molecule has 0 saturated heterocycles. The van der Waals surface area contributed by atoms with Gasteiger partial charge in [0.1, 0.15) is 11.5 Å². The van der Waals surface area contributed by atoms with Gasteiger partial charge in [-0.2, -0.15) is 5.10 Å². The molecule has 170 valence electrons. The lowest BCUT2D eigenvalue weighted by atomic mass is 10.0. The van der Waals surface area contributed by atoms with Crippen LogP contribution in [0.25, 0.3) is 16.1 Å². The minimum atomic E-state index is -0.744. The number of primary amides is 1. The fraction of sp³-hybridized carbons (Fsp3) is 0.250. The third-order valence-electron chi connectivity index (χ3n) is 5.46. The molecule has 0 fully saturated rings. The van der Waals surface area contributed by atoms with Gasteiger partial charge < -0.3 is 15.7 Å². The van der Waals surface area contributed by atoms with Gasteiger partial charge in [0.05, 0.1) is 43.4 Å². The Morgan fingerprint density at radius 3 is 2.58 bits per heavy atom. The van der Waals surface area contributed by atoms with Crippen molar-refractivity contribution in [2.75, 3.05) is 13.2 Å². The van der Waals surface area contributed by atoms with Crippen LogP contribution in [0.2, 0.25) is 0 Å². The molecule has 1 atom stereocenters. The van der Waals surface area contributed by atoms with Crippen molar-refractivity contribution in [1.29, 1.82) is 0 Å². The number of halogens is 1. The van der Waals surface area contributed by atoms with E-state index < -0.39 is 17.8 Å². The van der Waals surface area contributed by atoms with Crippen LogP contribution in [0.15, 0.2) is 48.5 Å². The summed E-state index contributed by atoms with van der Waals surface area (Å²) in [6.07, 6.45) is 0.104. The van der Waals surface area contributed by atoms with Crippen LogP contribution in [0.3, 0.4) is 0 Å². The Kier molecular flexibility index (Phi) is 6.89. The number of amides is 2. The van der Waals surface area contributed by atoms with Crippen LogP contribution in [0.1, 0.15) is 35.1 Å². The van der Waals surface area contributed by atoms with E-state index in [0.29, 0.717) is 16.9 Å². The number of aliphatic hydroxyl groups is 1. The molecule has 4 rings (SSSR count). The van der Waals surface area contributed by atoms with E-state index in [1.165, 1.54) is 22.9 Å². The van der Waals surface area contributed by atoms with E-state index in [2.05, 4.69) is 9.94 Å². The molecule has 2 heterocycles. The van der Waals surface area contributed by atoms with Gasteiger partial charge in [0.15, 0.2) is 5.69 Å². The van der Waals surface area contributed by atoms with Crippen LogP contribution in [0.4, 0.5) is 10.1 Å². The first-order chi connectivity index (χ1) is 15.4. The zero-order chi connectivity index (χ0) is 22.8. The SMILES string of the molecule is C.[C-]#[N+]c1ccc(CC(=O)N2Cc3c(C(N)=O)c(-c4cccc(F)c4)nn3C(CO)C2)cc1. The number of rotatable bonds is 5. The largest absolute Gasteiger partial charge is 0.394 e. The molecular weight excluding hydrogens is 425 g/mol. The molecule has 0 radical (unpaired) electrons. The Hall–Kier alpha value is -4.03. The maximum Gasteiger partial charge on any atom is 0.252 e. The van der Waals surface area contributed by atoms with Gasteiger partial charge in [-0.05, 0) is 17.7 Å². The monoisotopic (exact) mass is 449 g/mol. The summed E-state index contributed by atoms with van der Waals surface area (Å²) >= 11 is 0. The summed E-state index contributed by atoms with van der Waals surface area (Å²) in [5.74, 6) is -1.43. The third-order valence-corrected chi connectivity index (χ3v) is 5.46. The van der Waals surface area contributed by atoms with Gasteiger partial charge in [-0.3, -0.25) is 14.3 Å². The molecule has 1 aromatic heterocycles. The quantitative estimate of drug-likeness (QED) is 0.584. The molecule has 0 aliphatic carbocycles. The summed E-state index contributed by atoms with van der Waals surface area (Å²) in [6.45, 7) is 6.99. The zero-order valence-electron chi connectivity index (χ0n) is 17.0. The Morgan fingerprint density at radius 1 is 1.24 bits per heavy atom. The highest BCUT2D eigenvalue weighted by Crippen LogP contribution is 2.32. The summed E-state index contributed by atoms with van der Waals surface area (Å²) in [5, 5.41) is 14.4. The first-order valence-electron chi connectivity index (χ1n) is 9.93. The second-order valence-corrected chi connectivity index (χ2v) is 7.56. The van der Waals surface area contributed by atoms with Gasteiger partial charge in [-0.1, -0.05) is 43.8 Å². The van der Waals surface area contributed by atoms with Gasteiger partial charge in [0.25, 0.3) is 5.91 Å². The maximum atomic E-state index is 13.8. The predicted molar refractivity (Wildman–Crippen MR) is 121 cm³/mol. The molecule has 3 N–H and O–H groups in total. The molecule has 2 amide bonds. The lowest BCUT2D eigenvalue weighted by molar-refractivity contribution is -0.132. The fourth-order valence-corrected chi connectivity index (χ4v) is 3.90. The number of hydrogen-bond donors (Lipinski definition) is 2. The number of carbonyl (C=O) groups is 2. The Morgan fingerprint density at radius 2 is 1.97 bits per heavy atom. The molecule has 0 bridgehead atoms. The van der Waals surface area contributed by atoms with Crippen LogP contribution in [0, 0.1) is 12.4 Å². The van der Waals surface area contributed by atoms with Gasteiger partial charge in [0.2, 0.25) is 5.91 Å². The molecule has 1 aliphatic rings. The maximum absolute atomic E-state index is 13.8. The number of hydrogen-bond acceptors (Lipinski definition) is 4. The number of nitrogens with two attached hydrogens (primary N) is 1. The summed E-state index contributed by atoms with van der Waals surface area (Å²) < 4.78 is 15.3. The zero-order valence-corrected chi connectivity index (χ0v) is 17.0. The molecule has 0 saturated carbocycles. The van der Waals surface area contributed by atoms with E-state index >= 15 is 0 Å². The highest BCUT2D eigenvalue weighted by Gasteiger charge is 2.34. The number of aromatic nitrogens is 2. The fourth-order valence-electron chi connectivity index (χ4n) is 3.90. The molecule has 1 aliphatic heterocycles. The molecule has 3 aromatic rings. The van der Waals surface area contributed by atoms with E-state index in [1.807, 2.05) is 0 Å². The average molecular weight is 449 g/mol. The van der Waals surface area contributed by atoms with E-state index in [0.717, 1.165) is 5.56 Å². The summed E-state index contributed by atoms with van der Waals surface area (Å²) in [6, 6.07) is 11.8. The van der Waals surface area contributed by atoms with Crippen molar-refractivity contribution in [1.82, 2.24) is 14.7 Å². The van der Waals surface area contributed by atoms with Gasteiger partial charge in [-0.25, -0.2) is 9.24 Å². The van der Waals surface area contributed by atoms with Crippen molar-refractivity contribution < 1.29 is 19.1 Å². The van der Waals surface area contributed by atoms with Gasteiger partial charge >= 0.3 is 0 Å². The van der Waals surface area contributed by atoms with Crippen molar-refractivity contribution in [2.45, 2.75) is 26.4 Å². The van der Waals surface area contributed by atoms with E-state index in [1.54, 1.807) is 35.2 Å². The first kappa shape index (κ1) is 23.6. The summed E-state index contributed by atoms with van der Waals surface area (Å²) in [4.78, 5) is 30.2. The molecule has 1 unspecified atom stereocenters. The number of carbonyl (C=O) groups excluding carboxylic acids is 2. The highest BCUT2D eigenvalue weighted by molar-refractivity contribution is 6.00. The summed E-state index contributed by atoms with van der Waals surface area (Å²) in [7, 11) is 0. The number of benzene rings is 2. The number of fused-ring (bicyclic) bond motifs is 1. The lowest BCUT2D eigenvalue weighted by Crippen LogP contribution is -2.43. The van der Waals surface area contributed by atoms with Crippen LogP contribution in [0.5, 0.6) is 0 Å². The van der Waals surface area contributed by atoms with Crippen molar-refractivity contribution in [2.24, 2.45) is 5.73 Å². The first-order valence-corrected chi connectivity index (χ1v) is 9.93. The van der Waals surface area contributed by atoms with Crippen LogP contribution in [-0.2, 0) is 17.8 Å². The molecule has 33 heavy (non-hydrogen) atoms. The van der Waals surface area contributed by atoms with Crippen molar-refractivity contribution in [3.63, 3.8) is 0 Å². The van der Waals surface area contributed by atoms with Crippen LogP contribution in [-0.4, -0.2) is 44.8 Å². The van der Waals surface area contributed by atoms with Crippen molar-refractivity contribution in [3.8, 4) is 11.3 Å².